The summed E-state index contributed by atoms with van der Waals surface area (Å²) in [6.45, 7) is 6.65. The van der Waals surface area contributed by atoms with Crippen molar-refractivity contribution in [3.8, 4) is 0 Å². The van der Waals surface area contributed by atoms with Gasteiger partial charge in [-0.15, -0.1) is 0 Å². The average Bonchev–Trinajstić information content (AvgIpc) is 3.02. The SMILES string of the molecule is Cc1cc(C)nc(SCC(=O)N(Cc2ccccc2F)C(C(=O)NC2C=CC(N3CCOCC3)=CC2)c2ccc(Cl)cc2)n1. The van der Waals surface area contributed by atoms with Crippen LogP contribution < -0.4 is 5.32 Å². The van der Waals surface area contributed by atoms with Gasteiger partial charge in [-0.1, -0.05) is 65.8 Å². The van der Waals surface area contributed by atoms with E-state index in [4.69, 9.17) is 16.3 Å². The number of nitrogens with one attached hydrogen (secondary N) is 1. The van der Waals surface area contributed by atoms with E-state index in [-0.39, 0.29) is 30.2 Å². The molecule has 1 aliphatic heterocycles. The first-order chi connectivity index (χ1) is 21.3. The Morgan fingerprint density at radius 1 is 1.11 bits per heavy atom. The molecule has 2 amide bonds. The number of amides is 2. The van der Waals surface area contributed by atoms with Crippen LogP contribution in [0.3, 0.4) is 0 Å². The van der Waals surface area contributed by atoms with Crippen LogP contribution in [0.4, 0.5) is 4.39 Å². The highest BCUT2D eigenvalue weighted by Gasteiger charge is 2.33. The molecule has 1 aromatic heterocycles. The molecule has 2 atom stereocenters. The van der Waals surface area contributed by atoms with Crippen molar-refractivity contribution in [2.45, 2.75) is 44.1 Å². The van der Waals surface area contributed by atoms with Crippen molar-refractivity contribution in [3.05, 3.63) is 112 Å². The Labute approximate surface area is 266 Å². The first kappa shape index (κ1) is 31.7. The zero-order valence-electron chi connectivity index (χ0n) is 24.7. The van der Waals surface area contributed by atoms with E-state index in [9.17, 15) is 14.0 Å². The highest BCUT2D eigenvalue weighted by molar-refractivity contribution is 7.99. The summed E-state index contributed by atoms with van der Waals surface area (Å²) in [7, 11) is 0. The number of nitrogens with zero attached hydrogens (tertiary/aromatic N) is 4. The Bertz CT molecular complexity index is 1520. The van der Waals surface area contributed by atoms with E-state index >= 15 is 0 Å². The lowest BCUT2D eigenvalue weighted by Gasteiger charge is -2.34. The fourth-order valence-electron chi connectivity index (χ4n) is 5.25. The van der Waals surface area contributed by atoms with Crippen molar-refractivity contribution in [2.75, 3.05) is 32.1 Å². The van der Waals surface area contributed by atoms with Gasteiger partial charge < -0.3 is 19.9 Å². The Kier molecular flexibility index (Phi) is 10.7. The molecule has 5 rings (SSSR count). The standard InChI is InChI=1S/C33H35ClFN5O3S/c1-22-19-23(2)37-33(36-22)44-21-30(41)40(20-25-5-3-4-6-29(25)35)31(24-7-9-26(34)10-8-24)32(42)38-27-11-13-28(14-12-27)39-15-17-43-18-16-39/h3-11,13-14,19,27,31H,12,15-18,20-21H2,1-2H3,(H,38,42). The van der Waals surface area contributed by atoms with E-state index in [0.717, 1.165) is 30.2 Å². The number of allylic oxidation sites excluding steroid dienone is 1. The van der Waals surface area contributed by atoms with Gasteiger partial charge in [0.05, 0.1) is 25.0 Å². The van der Waals surface area contributed by atoms with Gasteiger partial charge in [0.25, 0.3) is 0 Å². The molecule has 0 radical (unpaired) electrons. The molecule has 0 spiro atoms. The highest BCUT2D eigenvalue weighted by Crippen LogP contribution is 2.28. The summed E-state index contributed by atoms with van der Waals surface area (Å²) in [5, 5.41) is 4.08. The van der Waals surface area contributed by atoms with E-state index in [1.54, 1.807) is 42.5 Å². The maximum atomic E-state index is 14.9. The summed E-state index contributed by atoms with van der Waals surface area (Å²) in [5.74, 6) is -1.22. The number of carbonyl (C=O) groups is 2. The van der Waals surface area contributed by atoms with Crippen molar-refractivity contribution < 1.29 is 18.7 Å². The number of carbonyl (C=O) groups excluding carboxylic acids is 2. The summed E-state index contributed by atoms with van der Waals surface area (Å²) >= 11 is 7.37. The van der Waals surface area contributed by atoms with Gasteiger partial charge in [0.15, 0.2) is 5.16 Å². The Morgan fingerprint density at radius 2 is 1.82 bits per heavy atom. The molecule has 1 N–H and O–H groups in total. The average molecular weight is 636 g/mol. The number of hydrogen-bond donors (Lipinski definition) is 1. The molecular formula is C33H35ClFN5O3S. The molecule has 2 unspecified atom stereocenters. The van der Waals surface area contributed by atoms with E-state index in [0.29, 0.717) is 40.9 Å². The molecule has 0 bridgehead atoms. The molecule has 44 heavy (non-hydrogen) atoms. The summed E-state index contributed by atoms with van der Waals surface area (Å²) in [6.07, 6.45) is 6.69. The topological polar surface area (TPSA) is 87.7 Å². The third kappa shape index (κ3) is 8.25. The predicted octanol–water partition coefficient (Wildman–Crippen LogP) is 5.41. The minimum atomic E-state index is -1.04. The van der Waals surface area contributed by atoms with Crippen LogP contribution in [0, 0.1) is 19.7 Å². The third-order valence-electron chi connectivity index (χ3n) is 7.44. The minimum absolute atomic E-state index is 0.0380. The largest absolute Gasteiger partial charge is 0.378 e. The lowest BCUT2D eigenvalue weighted by molar-refractivity contribution is -0.140. The zero-order chi connectivity index (χ0) is 31.1. The van der Waals surface area contributed by atoms with E-state index < -0.39 is 11.9 Å². The molecule has 8 nitrogen and oxygen atoms in total. The van der Waals surface area contributed by atoms with Crippen LogP contribution in [-0.2, 0) is 20.9 Å². The molecule has 1 fully saturated rings. The van der Waals surface area contributed by atoms with E-state index in [1.807, 2.05) is 32.1 Å². The van der Waals surface area contributed by atoms with Gasteiger partial charge in [0.2, 0.25) is 11.8 Å². The smallest absolute Gasteiger partial charge is 0.247 e. The number of aryl methyl sites for hydroxylation is 2. The van der Waals surface area contributed by atoms with Gasteiger partial charge in [-0.3, -0.25) is 9.59 Å². The second-order valence-corrected chi connectivity index (χ2v) is 12.1. The van der Waals surface area contributed by atoms with Crippen LogP contribution in [-0.4, -0.2) is 69.7 Å². The first-order valence-corrected chi connectivity index (χ1v) is 15.9. The number of thioether (sulfide) groups is 1. The predicted molar refractivity (Wildman–Crippen MR) is 170 cm³/mol. The minimum Gasteiger partial charge on any atom is -0.378 e. The summed E-state index contributed by atoms with van der Waals surface area (Å²) in [4.78, 5) is 40.7. The summed E-state index contributed by atoms with van der Waals surface area (Å²) < 4.78 is 20.4. The second kappa shape index (κ2) is 14.8. The number of benzene rings is 2. The lowest BCUT2D eigenvalue weighted by atomic mass is 10.0. The lowest BCUT2D eigenvalue weighted by Crippen LogP contribution is -2.47. The molecule has 2 aliphatic rings. The van der Waals surface area contributed by atoms with Gasteiger partial charge in [0, 0.05) is 47.3 Å². The van der Waals surface area contributed by atoms with Crippen molar-refractivity contribution in [3.63, 3.8) is 0 Å². The molecule has 230 valence electrons. The summed E-state index contributed by atoms with van der Waals surface area (Å²) in [6, 6.07) is 13.6. The van der Waals surface area contributed by atoms with Gasteiger partial charge in [-0.25, -0.2) is 14.4 Å². The number of rotatable bonds is 10. The molecule has 1 aliphatic carbocycles. The van der Waals surface area contributed by atoms with Crippen molar-refractivity contribution in [1.82, 2.24) is 25.1 Å². The zero-order valence-corrected chi connectivity index (χ0v) is 26.3. The van der Waals surface area contributed by atoms with E-state index in [1.165, 1.54) is 22.7 Å². The monoisotopic (exact) mass is 635 g/mol. The Morgan fingerprint density at radius 3 is 2.48 bits per heavy atom. The van der Waals surface area contributed by atoms with Crippen molar-refractivity contribution >= 4 is 35.2 Å². The van der Waals surface area contributed by atoms with Crippen LogP contribution in [0.5, 0.6) is 0 Å². The second-order valence-electron chi connectivity index (χ2n) is 10.7. The van der Waals surface area contributed by atoms with Crippen LogP contribution in [0.2, 0.25) is 5.02 Å². The normalized spacial score (nSPS) is 17.1. The number of hydrogen-bond acceptors (Lipinski definition) is 7. The van der Waals surface area contributed by atoms with Crippen LogP contribution in [0.25, 0.3) is 0 Å². The van der Waals surface area contributed by atoms with Crippen LogP contribution in [0.15, 0.2) is 83.7 Å². The molecular weight excluding hydrogens is 601 g/mol. The maximum absolute atomic E-state index is 14.9. The molecule has 3 aromatic rings. The Balaban J connectivity index is 1.41. The highest BCUT2D eigenvalue weighted by atomic mass is 35.5. The molecule has 0 saturated carbocycles. The number of morpholine rings is 1. The fraction of sp³-hybridized carbons (Fsp3) is 0.333. The maximum Gasteiger partial charge on any atom is 0.247 e. The van der Waals surface area contributed by atoms with Crippen LogP contribution >= 0.6 is 23.4 Å². The van der Waals surface area contributed by atoms with Gasteiger partial charge in [-0.2, -0.15) is 0 Å². The van der Waals surface area contributed by atoms with Gasteiger partial charge in [-0.05, 0) is 56.2 Å². The van der Waals surface area contributed by atoms with Gasteiger partial charge >= 0.3 is 0 Å². The molecule has 2 heterocycles. The first-order valence-electron chi connectivity index (χ1n) is 14.5. The van der Waals surface area contributed by atoms with E-state index in [2.05, 4.69) is 26.3 Å². The third-order valence-corrected chi connectivity index (χ3v) is 8.52. The summed E-state index contributed by atoms with van der Waals surface area (Å²) in [5.41, 5.74) is 3.56. The molecule has 11 heteroatoms. The Hall–Kier alpha value is -3.73. The number of ether oxygens (including phenoxy) is 1. The van der Waals surface area contributed by atoms with Crippen LogP contribution in [0.1, 0.15) is 35.0 Å². The van der Waals surface area contributed by atoms with Gasteiger partial charge in [0.1, 0.15) is 11.9 Å². The van der Waals surface area contributed by atoms with Crippen molar-refractivity contribution in [1.29, 1.82) is 0 Å². The molecule has 2 aromatic carbocycles. The fourth-order valence-corrected chi connectivity index (χ4v) is 6.21. The quantitative estimate of drug-likeness (QED) is 0.236. The molecule has 1 saturated heterocycles. The number of halogens is 2. The van der Waals surface area contributed by atoms with Crippen molar-refractivity contribution in [2.24, 2.45) is 0 Å². The number of aromatic nitrogens is 2.